The van der Waals surface area contributed by atoms with Crippen molar-refractivity contribution in [1.82, 2.24) is 14.8 Å². The number of hydrogen-bond acceptors (Lipinski definition) is 4. The van der Waals surface area contributed by atoms with Crippen LogP contribution in [0.15, 0.2) is 12.3 Å². The lowest BCUT2D eigenvalue weighted by molar-refractivity contribution is 0.255. The molecule has 0 atom stereocenters. The molecule has 2 amide bonds. The number of thiazole rings is 1. The van der Waals surface area contributed by atoms with E-state index >= 15 is 0 Å². The highest BCUT2D eigenvalue weighted by atomic mass is 32.1. The predicted octanol–water partition coefficient (Wildman–Crippen LogP) is 2.53. The monoisotopic (exact) mass is 279 g/mol. The zero-order valence-corrected chi connectivity index (χ0v) is 12.2. The summed E-state index contributed by atoms with van der Waals surface area (Å²) in [6.45, 7) is 6.03. The van der Waals surface area contributed by atoms with Gasteiger partial charge in [-0.25, -0.2) is 14.7 Å². The first-order chi connectivity index (χ1) is 8.90. The topological polar surface area (TPSA) is 77.0 Å². The third-order valence-corrected chi connectivity index (χ3v) is 3.98. The highest BCUT2D eigenvalue weighted by Gasteiger charge is 2.22. The van der Waals surface area contributed by atoms with Crippen LogP contribution in [0.1, 0.15) is 30.3 Å². The van der Waals surface area contributed by atoms with Gasteiger partial charge >= 0.3 is 6.03 Å². The lowest BCUT2D eigenvalue weighted by Gasteiger charge is -2.16. The van der Waals surface area contributed by atoms with E-state index in [1.807, 2.05) is 6.92 Å². The number of carbonyl (C=O) groups is 1. The van der Waals surface area contributed by atoms with Crippen LogP contribution in [0.2, 0.25) is 0 Å². The molecular formula is C12H17N5OS. The summed E-state index contributed by atoms with van der Waals surface area (Å²) in [4.78, 5) is 18.5. The Bertz CT molecular complexity index is 601. The van der Waals surface area contributed by atoms with E-state index in [0.29, 0.717) is 16.9 Å². The maximum atomic E-state index is 11.7. The molecule has 2 heterocycles. The lowest BCUT2D eigenvalue weighted by atomic mass is 10.2. The van der Waals surface area contributed by atoms with E-state index in [1.54, 1.807) is 24.0 Å². The maximum absolute atomic E-state index is 11.7. The van der Waals surface area contributed by atoms with Crippen molar-refractivity contribution in [3.05, 3.63) is 22.8 Å². The van der Waals surface area contributed by atoms with Crippen molar-refractivity contribution in [1.29, 1.82) is 0 Å². The van der Waals surface area contributed by atoms with Gasteiger partial charge in [-0.15, -0.1) is 11.3 Å². The number of nitrogens with zero attached hydrogens (tertiary/aromatic N) is 4. The van der Waals surface area contributed by atoms with E-state index in [2.05, 4.69) is 23.9 Å². The van der Waals surface area contributed by atoms with Crippen molar-refractivity contribution < 1.29 is 4.79 Å². The fraction of sp³-hybridized carbons (Fsp3) is 0.417. The molecule has 0 radical (unpaired) electrons. The summed E-state index contributed by atoms with van der Waals surface area (Å²) in [5.41, 5.74) is 6.30. The van der Waals surface area contributed by atoms with E-state index in [4.69, 9.17) is 5.73 Å². The summed E-state index contributed by atoms with van der Waals surface area (Å²) in [5.74, 6) is 0.990. The zero-order valence-electron chi connectivity index (χ0n) is 11.4. The van der Waals surface area contributed by atoms with Crippen LogP contribution in [0.5, 0.6) is 0 Å². The molecule has 0 saturated heterocycles. The van der Waals surface area contributed by atoms with Gasteiger partial charge in [0.1, 0.15) is 5.82 Å². The second-order valence-electron chi connectivity index (χ2n) is 4.64. The number of hydrogen-bond donors (Lipinski definition) is 1. The van der Waals surface area contributed by atoms with Gasteiger partial charge in [0.2, 0.25) is 0 Å². The van der Waals surface area contributed by atoms with Gasteiger partial charge in [0.25, 0.3) is 0 Å². The van der Waals surface area contributed by atoms with Crippen molar-refractivity contribution in [3.63, 3.8) is 0 Å². The van der Waals surface area contributed by atoms with E-state index in [0.717, 1.165) is 10.6 Å². The first kappa shape index (κ1) is 13.5. The molecule has 0 aromatic carbocycles. The van der Waals surface area contributed by atoms with Gasteiger partial charge in [0.05, 0.1) is 5.69 Å². The Kier molecular flexibility index (Phi) is 3.57. The van der Waals surface area contributed by atoms with E-state index < -0.39 is 6.03 Å². The van der Waals surface area contributed by atoms with Crippen molar-refractivity contribution in [3.8, 4) is 0 Å². The molecule has 0 aliphatic carbocycles. The van der Waals surface area contributed by atoms with Crippen LogP contribution in [-0.4, -0.2) is 20.8 Å². The number of urea groups is 1. The Morgan fingerprint density at radius 3 is 2.63 bits per heavy atom. The molecule has 2 rings (SSSR count). The van der Waals surface area contributed by atoms with Crippen molar-refractivity contribution >= 4 is 28.3 Å². The molecule has 102 valence electrons. The molecule has 0 saturated carbocycles. The molecule has 0 bridgehead atoms. The third-order valence-electron chi connectivity index (χ3n) is 2.70. The first-order valence-electron chi connectivity index (χ1n) is 5.96. The normalized spacial score (nSPS) is 11.0. The standard InChI is InChI=1S/C12H17N5OS/c1-7(2)9-6-14-12(19-9)17(11(13)18)10-5-8(3)15-16(10)4/h5-7H,1-4H3,(H2,13,18). The Morgan fingerprint density at radius 1 is 1.53 bits per heavy atom. The molecule has 6 nitrogen and oxygen atoms in total. The molecule has 0 aliphatic heterocycles. The van der Waals surface area contributed by atoms with Gasteiger partial charge in [-0.2, -0.15) is 5.10 Å². The number of primary amides is 1. The zero-order chi connectivity index (χ0) is 14.2. The molecule has 7 heteroatoms. The van der Waals surface area contributed by atoms with Crippen LogP contribution in [-0.2, 0) is 7.05 Å². The number of carbonyl (C=O) groups excluding carboxylic acids is 1. The molecule has 19 heavy (non-hydrogen) atoms. The van der Waals surface area contributed by atoms with Gasteiger partial charge in [-0.1, -0.05) is 13.8 Å². The van der Waals surface area contributed by atoms with E-state index in [1.165, 1.54) is 16.2 Å². The highest BCUT2D eigenvalue weighted by molar-refractivity contribution is 7.15. The first-order valence-corrected chi connectivity index (χ1v) is 6.77. The van der Waals surface area contributed by atoms with E-state index in [-0.39, 0.29) is 0 Å². The summed E-state index contributed by atoms with van der Waals surface area (Å²) < 4.78 is 1.62. The van der Waals surface area contributed by atoms with Crippen molar-refractivity contribution in [2.75, 3.05) is 4.90 Å². The summed E-state index contributed by atoms with van der Waals surface area (Å²) in [6, 6.07) is 1.24. The second kappa shape index (κ2) is 5.00. The average molecular weight is 279 g/mol. The third kappa shape index (κ3) is 2.60. The highest BCUT2D eigenvalue weighted by Crippen LogP contribution is 2.32. The number of aryl methyl sites for hydroxylation is 2. The average Bonchev–Trinajstić information content (AvgIpc) is 2.87. The smallest absolute Gasteiger partial charge is 0.326 e. The molecule has 0 unspecified atom stereocenters. The van der Waals surface area contributed by atoms with Gasteiger partial charge in [0, 0.05) is 24.2 Å². The summed E-state index contributed by atoms with van der Waals surface area (Å²) in [7, 11) is 1.77. The minimum Gasteiger partial charge on any atom is -0.351 e. The number of anilines is 2. The number of aromatic nitrogens is 3. The molecule has 2 N–H and O–H groups in total. The minimum atomic E-state index is -0.562. The molecule has 2 aromatic rings. The van der Waals surface area contributed by atoms with Crippen LogP contribution in [0.3, 0.4) is 0 Å². The summed E-state index contributed by atoms with van der Waals surface area (Å²) in [5, 5.41) is 4.79. The van der Waals surface area contributed by atoms with Crippen molar-refractivity contribution in [2.24, 2.45) is 12.8 Å². The van der Waals surface area contributed by atoms with Gasteiger partial charge < -0.3 is 5.73 Å². The van der Waals surface area contributed by atoms with Crippen molar-refractivity contribution in [2.45, 2.75) is 26.7 Å². The fourth-order valence-electron chi connectivity index (χ4n) is 1.76. The van der Waals surface area contributed by atoms with Crippen LogP contribution in [0.4, 0.5) is 15.7 Å². The van der Waals surface area contributed by atoms with Crippen LogP contribution < -0.4 is 10.6 Å². The Labute approximate surface area is 115 Å². The Balaban J connectivity index is 2.45. The minimum absolute atomic E-state index is 0.370. The van der Waals surface area contributed by atoms with Crippen LogP contribution in [0.25, 0.3) is 0 Å². The van der Waals surface area contributed by atoms with Crippen LogP contribution in [0, 0.1) is 6.92 Å². The largest absolute Gasteiger partial charge is 0.351 e. The molecular weight excluding hydrogens is 262 g/mol. The predicted molar refractivity (Wildman–Crippen MR) is 75.9 cm³/mol. The number of nitrogens with two attached hydrogens (primary N) is 1. The SMILES string of the molecule is Cc1cc(N(C(N)=O)c2ncc(C(C)C)s2)n(C)n1. The quantitative estimate of drug-likeness (QED) is 0.937. The Hall–Kier alpha value is -1.89. The fourth-order valence-corrected chi connectivity index (χ4v) is 2.69. The molecule has 0 spiro atoms. The molecule has 0 aliphatic rings. The van der Waals surface area contributed by atoms with Gasteiger partial charge in [-0.05, 0) is 12.8 Å². The number of rotatable bonds is 3. The number of amides is 2. The second-order valence-corrected chi connectivity index (χ2v) is 5.68. The lowest BCUT2D eigenvalue weighted by Crippen LogP contribution is -2.32. The van der Waals surface area contributed by atoms with E-state index in [9.17, 15) is 4.79 Å². The molecule has 0 fully saturated rings. The van der Waals surface area contributed by atoms with Gasteiger partial charge in [0.15, 0.2) is 5.13 Å². The molecule has 2 aromatic heterocycles. The summed E-state index contributed by atoms with van der Waals surface area (Å²) >= 11 is 1.46. The maximum Gasteiger partial charge on any atom is 0.326 e. The van der Waals surface area contributed by atoms with Gasteiger partial charge in [-0.3, -0.25) is 4.68 Å². The summed E-state index contributed by atoms with van der Waals surface area (Å²) in [6.07, 6.45) is 1.78. The Morgan fingerprint density at radius 2 is 2.21 bits per heavy atom. The van der Waals surface area contributed by atoms with Crippen LogP contribution >= 0.6 is 11.3 Å².